The summed E-state index contributed by atoms with van der Waals surface area (Å²) in [4.78, 5) is 31.1. The van der Waals surface area contributed by atoms with E-state index in [4.69, 9.17) is 14.5 Å². The first-order valence-electron chi connectivity index (χ1n) is 14.1. The number of benzene rings is 3. The van der Waals surface area contributed by atoms with Crippen molar-refractivity contribution in [3.8, 4) is 11.5 Å². The Morgan fingerprint density at radius 2 is 1.81 bits per heavy atom. The summed E-state index contributed by atoms with van der Waals surface area (Å²) in [5.74, 6) is 1.39. The Kier molecular flexibility index (Phi) is 9.74. The number of amides is 1. The van der Waals surface area contributed by atoms with Crippen molar-refractivity contribution >= 4 is 60.6 Å². The molecule has 1 amide bonds. The molecule has 1 aliphatic carbocycles. The predicted molar refractivity (Wildman–Crippen MR) is 173 cm³/mol. The van der Waals surface area contributed by atoms with Crippen LogP contribution in [0.1, 0.15) is 61.9 Å². The largest absolute Gasteiger partial charge is 0.490 e. The zero-order valence-corrected chi connectivity index (χ0v) is 26.7. The molecule has 1 heterocycles. The number of fused-ring (bicyclic) bond motifs is 1. The average Bonchev–Trinajstić information content (AvgIpc) is 3.00. The lowest BCUT2D eigenvalue weighted by atomic mass is 9.88. The maximum Gasteiger partial charge on any atom is 0.282 e. The molecule has 4 aromatic rings. The van der Waals surface area contributed by atoms with Gasteiger partial charge in [0.05, 0.1) is 28.2 Å². The van der Waals surface area contributed by atoms with Crippen LogP contribution in [0.4, 0.5) is 5.69 Å². The number of hydrogen-bond donors (Lipinski definition) is 1. The van der Waals surface area contributed by atoms with Gasteiger partial charge in [-0.2, -0.15) is 9.78 Å². The lowest BCUT2D eigenvalue weighted by Crippen LogP contribution is -2.25. The first-order chi connectivity index (χ1) is 20.4. The van der Waals surface area contributed by atoms with Crippen molar-refractivity contribution < 1.29 is 14.3 Å². The molecule has 218 valence electrons. The molecular formula is C32H32Br2N4O4. The molecule has 10 heteroatoms. The van der Waals surface area contributed by atoms with Gasteiger partial charge in [-0.3, -0.25) is 9.59 Å². The van der Waals surface area contributed by atoms with E-state index in [9.17, 15) is 9.59 Å². The molecule has 0 saturated heterocycles. The Morgan fingerprint density at radius 1 is 1.07 bits per heavy atom. The first-order valence-corrected chi connectivity index (χ1v) is 15.6. The van der Waals surface area contributed by atoms with Gasteiger partial charge >= 0.3 is 0 Å². The van der Waals surface area contributed by atoms with Crippen LogP contribution in [-0.2, 0) is 4.79 Å². The number of halogens is 2. The van der Waals surface area contributed by atoms with Crippen LogP contribution < -0.4 is 20.3 Å². The summed E-state index contributed by atoms with van der Waals surface area (Å²) in [5, 5.41) is 8.07. The van der Waals surface area contributed by atoms with Gasteiger partial charge in [0, 0.05) is 21.6 Å². The van der Waals surface area contributed by atoms with E-state index in [1.54, 1.807) is 18.3 Å². The van der Waals surface area contributed by atoms with E-state index < -0.39 is 0 Å². The summed E-state index contributed by atoms with van der Waals surface area (Å²) < 4.78 is 14.5. The number of para-hydroxylation sites is 2. The molecule has 0 bridgehead atoms. The van der Waals surface area contributed by atoms with Gasteiger partial charge in [-0.25, -0.2) is 4.98 Å². The van der Waals surface area contributed by atoms with Gasteiger partial charge in [-0.05, 0) is 88.4 Å². The van der Waals surface area contributed by atoms with Crippen LogP contribution in [0, 0.1) is 6.92 Å². The van der Waals surface area contributed by atoms with Crippen LogP contribution in [0.3, 0.4) is 0 Å². The van der Waals surface area contributed by atoms with Crippen molar-refractivity contribution in [3.05, 3.63) is 90.8 Å². The van der Waals surface area contributed by atoms with Crippen molar-refractivity contribution in [2.75, 3.05) is 18.5 Å². The highest BCUT2D eigenvalue weighted by Gasteiger charge is 2.23. The zero-order chi connectivity index (χ0) is 29.6. The summed E-state index contributed by atoms with van der Waals surface area (Å²) in [6.07, 6.45) is 6.99. The quantitative estimate of drug-likeness (QED) is 0.182. The number of rotatable bonds is 9. The molecule has 1 aliphatic rings. The monoisotopic (exact) mass is 694 g/mol. The van der Waals surface area contributed by atoms with Crippen LogP contribution in [0.25, 0.3) is 10.9 Å². The van der Waals surface area contributed by atoms with Crippen LogP contribution in [-0.4, -0.2) is 35.0 Å². The number of aromatic nitrogens is 2. The van der Waals surface area contributed by atoms with Crippen LogP contribution in [0.2, 0.25) is 0 Å². The highest BCUT2D eigenvalue weighted by Crippen LogP contribution is 2.42. The fraction of sp³-hybridized carbons (Fsp3) is 0.312. The van der Waals surface area contributed by atoms with Gasteiger partial charge < -0.3 is 14.8 Å². The average molecular weight is 696 g/mol. The fourth-order valence-electron chi connectivity index (χ4n) is 5.13. The number of nitrogens with zero attached hydrogens (tertiary/aromatic N) is 3. The molecule has 1 aromatic heterocycles. The number of carbonyl (C=O) groups excluding carboxylic acids is 1. The Morgan fingerprint density at radius 3 is 2.57 bits per heavy atom. The molecular weight excluding hydrogens is 664 g/mol. The number of anilines is 1. The Bertz CT molecular complexity index is 1700. The van der Waals surface area contributed by atoms with Crippen molar-refractivity contribution in [3.63, 3.8) is 0 Å². The number of aryl methyl sites for hydroxylation is 1. The minimum atomic E-state index is -0.293. The van der Waals surface area contributed by atoms with E-state index in [0.29, 0.717) is 49.3 Å². The Balaban J connectivity index is 1.46. The SMILES string of the molecule is CCOc1cc(C=Nn2c(C3CCCCC3)nc3ccccc3c2=O)c(Br)c(Br)c1OCC(=O)Nc1ccccc1C. The summed E-state index contributed by atoms with van der Waals surface area (Å²) in [6.45, 7) is 3.97. The van der Waals surface area contributed by atoms with Crippen LogP contribution in [0.15, 0.2) is 73.4 Å². The molecule has 5 rings (SSSR count). The second kappa shape index (κ2) is 13.6. The Labute approximate surface area is 261 Å². The zero-order valence-electron chi connectivity index (χ0n) is 23.5. The van der Waals surface area contributed by atoms with E-state index >= 15 is 0 Å². The predicted octanol–water partition coefficient (Wildman–Crippen LogP) is 7.58. The molecule has 0 spiro atoms. The lowest BCUT2D eigenvalue weighted by Gasteiger charge is -2.22. The fourth-order valence-corrected chi connectivity index (χ4v) is 6.07. The summed E-state index contributed by atoms with van der Waals surface area (Å²) >= 11 is 7.24. The van der Waals surface area contributed by atoms with Crippen LogP contribution >= 0.6 is 31.9 Å². The second-order valence-electron chi connectivity index (χ2n) is 10.2. The van der Waals surface area contributed by atoms with Gasteiger partial charge in [0.1, 0.15) is 5.82 Å². The van der Waals surface area contributed by atoms with Gasteiger partial charge in [0.2, 0.25) is 0 Å². The highest BCUT2D eigenvalue weighted by molar-refractivity contribution is 9.13. The molecule has 8 nitrogen and oxygen atoms in total. The minimum absolute atomic E-state index is 0.170. The van der Waals surface area contributed by atoms with Crippen molar-refractivity contribution in [2.45, 2.75) is 51.9 Å². The third-order valence-corrected chi connectivity index (χ3v) is 9.43. The molecule has 42 heavy (non-hydrogen) atoms. The summed E-state index contributed by atoms with van der Waals surface area (Å²) in [5.41, 5.74) is 2.84. The molecule has 0 radical (unpaired) electrons. The van der Waals surface area contributed by atoms with E-state index in [2.05, 4.69) is 42.3 Å². The van der Waals surface area contributed by atoms with E-state index in [0.717, 1.165) is 36.9 Å². The number of nitrogens with one attached hydrogen (secondary N) is 1. The van der Waals surface area contributed by atoms with Crippen molar-refractivity contribution in [1.29, 1.82) is 0 Å². The number of hydrogen-bond acceptors (Lipinski definition) is 6. The summed E-state index contributed by atoms with van der Waals surface area (Å²) in [7, 11) is 0. The third kappa shape index (κ3) is 6.60. The van der Waals surface area contributed by atoms with Gasteiger partial charge in [0.15, 0.2) is 18.1 Å². The maximum atomic E-state index is 13.6. The maximum absolute atomic E-state index is 13.6. The van der Waals surface area contributed by atoms with Gasteiger partial charge in [0.25, 0.3) is 11.5 Å². The molecule has 1 fully saturated rings. The van der Waals surface area contributed by atoms with E-state index in [-0.39, 0.29) is 24.0 Å². The standard InChI is InChI=1S/C32H32Br2N4O4/c1-3-41-26-17-22(28(33)29(34)30(26)42-19-27(39)36-24-15-9-7-11-20(24)2)18-35-38-31(21-12-5-4-6-13-21)37-25-16-10-8-14-23(25)32(38)40/h7-11,14-18,21H,3-6,12-13,19H2,1-2H3,(H,36,39). The second-order valence-corrected chi connectivity index (χ2v) is 11.8. The molecule has 1 saturated carbocycles. The molecule has 0 aliphatic heterocycles. The molecule has 1 N–H and O–H groups in total. The van der Waals surface area contributed by atoms with E-state index in [1.807, 2.05) is 56.3 Å². The molecule has 0 atom stereocenters. The number of ether oxygens (including phenoxy) is 2. The highest BCUT2D eigenvalue weighted by atomic mass is 79.9. The topological polar surface area (TPSA) is 94.8 Å². The normalized spacial score (nSPS) is 13.9. The van der Waals surface area contributed by atoms with Crippen LogP contribution in [0.5, 0.6) is 11.5 Å². The number of carbonyl (C=O) groups is 1. The summed E-state index contributed by atoms with van der Waals surface area (Å²) in [6, 6.07) is 16.7. The third-order valence-electron chi connectivity index (χ3n) is 7.28. The smallest absolute Gasteiger partial charge is 0.282 e. The van der Waals surface area contributed by atoms with Crippen molar-refractivity contribution in [2.24, 2.45) is 5.10 Å². The van der Waals surface area contributed by atoms with Gasteiger partial charge in [-0.15, -0.1) is 0 Å². The molecule has 3 aromatic carbocycles. The van der Waals surface area contributed by atoms with Gasteiger partial charge in [-0.1, -0.05) is 49.6 Å². The van der Waals surface area contributed by atoms with Crippen molar-refractivity contribution in [1.82, 2.24) is 9.66 Å². The minimum Gasteiger partial charge on any atom is -0.490 e. The Hall–Kier alpha value is -3.50. The molecule has 0 unspecified atom stereocenters. The first kappa shape index (κ1) is 30.0. The lowest BCUT2D eigenvalue weighted by molar-refractivity contribution is -0.118. The van der Waals surface area contributed by atoms with E-state index in [1.165, 1.54) is 11.1 Å².